The maximum atomic E-state index is 5.27. The fourth-order valence-electron chi connectivity index (χ4n) is 2.40. The molecule has 2 rings (SSSR count). The van der Waals surface area contributed by atoms with Crippen LogP contribution in [-0.2, 0) is 13.6 Å². The van der Waals surface area contributed by atoms with Gasteiger partial charge in [-0.15, -0.1) is 0 Å². The van der Waals surface area contributed by atoms with Crippen molar-refractivity contribution in [3.63, 3.8) is 0 Å². The molecule has 3 nitrogen and oxygen atoms in total. The van der Waals surface area contributed by atoms with E-state index in [0.29, 0.717) is 6.04 Å². The average molecular weight is 272 g/mol. The molecule has 0 aliphatic carbocycles. The highest BCUT2D eigenvalue weighted by atomic mass is 16.5. The van der Waals surface area contributed by atoms with Gasteiger partial charge in [0.1, 0.15) is 5.75 Å². The summed E-state index contributed by atoms with van der Waals surface area (Å²) in [6, 6.07) is 10.8. The molecule has 108 valence electrons. The quantitative estimate of drug-likeness (QED) is 0.901. The Labute approximate surface area is 121 Å². The predicted octanol–water partition coefficient (Wildman–Crippen LogP) is 3.50. The second kappa shape index (κ2) is 6.14. The number of aromatic nitrogens is 1. The van der Waals surface area contributed by atoms with Gasteiger partial charge in [0.25, 0.3) is 0 Å². The Hall–Kier alpha value is -1.74. The molecule has 3 heteroatoms. The molecule has 2 aromatic rings. The monoisotopic (exact) mass is 272 g/mol. The highest BCUT2D eigenvalue weighted by molar-refractivity contribution is 5.31. The molecule has 0 aliphatic rings. The topological polar surface area (TPSA) is 26.2 Å². The molecule has 0 saturated carbocycles. The second-order valence-corrected chi connectivity index (χ2v) is 5.33. The Morgan fingerprint density at radius 1 is 1.25 bits per heavy atom. The zero-order chi connectivity index (χ0) is 14.7. The number of nitrogens with one attached hydrogen (secondary N) is 1. The van der Waals surface area contributed by atoms with Crippen LogP contribution >= 0.6 is 0 Å². The summed E-state index contributed by atoms with van der Waals surface area (Å²) in [5.41, 5.74) is 5.23. The fourth-order valence-corrected chi connectivity index (χ4v) is 2.40. The van der Waals surface area contributed by atoms with Gasteiger partial charge in [0.2, 0.25) is 0 Å². The van der Waals surface area contributed by atoms with Crippen molar-refractivity contribution in [3.05, 3.63) is 52.8 Å². The van der Waals surface area contributed by atoms with Gasteiger partial charge in [0.05, 0.1) is 7.11 Å². The Morgan fingerprint density at radius 3 is 2.60 bits per heavy atom. The first-order valence-electron chi connectivity index (χ1n) is 7.02. The molecule has 1 atom stereocenters. The normalized spacial score (nSPS) is 12.4. The molecule has 0 amide bonds. The van der Waals surface area contributed by atoms with Crippen molar-refractivity contribution in [3.8, 4) is 5.75 Å². The van der Waals surface area contributed by atoms with Crippen molar-refractivity contribution >= 4 is 0 Å². The summed E-state index contributed by atoms with van der Waals surface area (Å²) in [5, 5.41) is 3.58. The summed E-state index contributed by atoms with van der Waals surface area (Å²) >= 11 is 0. The molecule has 0 saturated heterocycles. The minimum atomic E-state index is 0.296. The molecule has 0 bridgehead atoms. The van der Waals surface area contributed by atoms with E-state index in [2.05, 4.69) is 55.9 Å². The van der Waals surface area contributed by atoms with Gasteiger partial charge in [-0.25, -0.2) is 0 Å². The largest absolute Gasteiger partial charge is 0.497 e. The Bertz CT molecular complexity index is 587. The molecule has 0 radical (unpaired) electrons. The van der Waals surface area contributed by atoms with Crippen LogP contribution in [0, 0.1) is 13.8 Å². The summed E-state index contributed by atoms with van der Waals surface area (Å²) in [5.74, 6) is 0.905. The summed E-state index contributed by atoms with van der Waals surface area (Å²) < 4.78 is 7.50. The van der Waals surface area contributed by atoms with E-state index in [1.165, 1.54) is 22.5 Å². The Kier molecular flexibility index (Phi) is 4.50. The van der Waals surface area contributed by atoms with Gasteiger partial charge in [-0.1, -0.05) is 12.1 Å². The summed E-state index contributed by atoms with van der Waals surface area (Å²) in [6.45, 7) is 7.37. The highest BCUT2D eigenvalue weighted by Crippen LogP contribution is 2.20. The number of hydrogen-bond donors (Lipinski definition) is 1. The third-order valence-corrected chi connectivity index (χ3v) is 4.07. The van der Waals surface area contributed by atoms with E-state index in [9.17, 15) is 0 Å². The molecular formula is C17H24N2O. The lowest BCUT2D eigenvalue weighted by Gasteiger charge is -2.15. The van der Waals surface area contributed by atoms with E-state index < -0.39 is 0 Å². The lowest BCUT2D eigenvalue weighted by atomic mass is 10.1. The summed E-state index contributed by atoms with van der Waals surface area (Å²) in [6.07, 6.45) is 0. The third-order valence-electron chi connectivity index (χ3n) is 4.07. The van der Waals surface area contributed by atoms with E-state index in [4.69, 9.17) is 4.74 Å². The molecule has 20 heavy (non-hydrogen) atoms. The van der Waals surface area contributed by atoms with Crippen LogP contribution in [0.15, 0.2) is 30.3 Å². The zero-order valence-electron chi connectivity index (χ0n) is 13.0. The summed E-state index contributed by atoms with van der Waals surface area (Å²) in [7, 11) is 3.81. The van der Waals surface area contributed by atoms with Crippen LogP contribution in [0.5, 0.6) is 5.75 Å². The maximum Gasteiger partial charge on any atom is 0.119 e. The number of methoxy groups -OCH3 is 1. The van der Waals surface area contributed by atoms with Crippen molar-refractivity contribution in [1.82, 2.24) is 9.88 Å². The average Bonchev–Trinajstić information content (AvgIpc) is 2.72. The van der Waals surface area contributed by atoms with Gasteiger partial charge < -0.3 is 14.6 Å². The first-order chi connectivity index (χ1) is 9.52. The van der Waals surface area contributed by atoms with Gasteiger partial charge in [-0.2, -0.15) is 0 Å². The molecule has 1 heterocycles. The van der Waals surface area contributed by atoms with E-state index in [0.717, 1.165) is 12.3 Å². The molecule has 0 unspecified atom stereocenters. The first kappa shape index (κ1) is 14.7. The SMILES string of the molecule is COc1cccc([C@@H](C)NCc2cc(C)n(C)c2C)c1. The van der Waals surface area contributed by atoms with Crippen LogP contribution in [0.3, 0.4) is 0 Å². The van der Waals surface area contributed by atoms with Gasteiger partial charge in [-0.05, 0) is 50.1 Å². The van der Waals surface area contributed by atoms with Crippen molar-refractivity contribution in [1.29, 1.82) is 0 Å². The van der Waals surface area contributed by atoms with E-state index in [1.54, 1.807) is 7.11 Å². The van der Waals surface area contributed by atoms with Crippen LogP contribution in [-0.4, -0.2) is 11.7 Å². The van der Waals surface area contributed by atoms with Crippen LogP contribution in [0.2, 0.25) is 0 Å². The summed E-state index contributed by atoms with van der Waals surface area (Å²) in [4.78, 5) is 0. The molecule has 1 aromatic carbocycles. The van der Waals surface area contributed by atoms with E-state index in [1.807, 2.05) is 12.1 Å². The van der Waals surface area contributed by atoms with Crippen molar-refractivity contribution < 1.29 is 4.74 Å². The van der Waals surface area contributed by atoms with Crippen molar-refractivity contribution in [2.75, 3.05) is 7.11 Å². The number of rotatable bonds is 5. The highest BCUT2D eigenvalue weighted by Gasteiger charge is 2.09. The molecular weight excluding hydrogens is 248 g/mol. The van der Waals surface area contributed by atoms with Crippen LogP contribution in [0.4, 0.5) is 0 Å². The molecule has 0 aliphatic heterocycles. The number of nitrogens with zero attached hydrogens (tertiary/aromatic N) is 1. The third kappa shape index (κ3) is 3.05. The standard InChI is InChI=1S/C17H24N2O/c1-12-9-16(14(3)19(12)4)11-18-13(2)15-7-6-8-17(10-15)20-5/h6-10,13,18H,11H2,1-5H3/t13-/m1/s1. The molecule has 1 N–H and O–H groups in total. The second-order valence-electron chi connectivity index (χ2n) is 5.33. The van der Waals surface area contributed by atoms with Gasteiger partial charge >= 0.3 is 0 Å². The number of aryl methyl sites for hydroxylation is 1. The molecule has 1 aromatic heterocycles. The van der Waals surface area contributed by atoms with Crippen LogP contribution in [0.1, 0.15) is 35.5 Å². The fraction of sp³-hybridized carbons (Fsp3) is 0.412. The smallest absolute Gasteiger partial charge is 0.119 e. The van der Waals surface area contributed by atoms with Gasteiger partial charge in [0.15, 0.2) is 0 Å². The molecule has 0 spiro atoms. The lowest BCUT2D eigenvalue weighted by molar-refractivity contribution is 0.413. The number of benzene rings is 1. The van der Waals surface area contributed by atoms with E-state index >= 15 is 0 Å². The van der Waals surface area contributed by atoms with Gasteiger partial charge in [-0.3, -0.25) is 0 Å². The zero-order valence-corrected chi connectivity index (χ0v) is 13.0. The van der Waals surface area contributed by atoms with Crippen LogP contribution < -0.4 is 10.1 Å². The predicted molar refractivity (Wildman–Crippen MR) is 83.1 cm³/mol. The number of hydrogen-bond acceptors (Lipinski definition) is 2. The first-order valence-corrected chi connectivity index (χ1v) is 7.02. The Balaban J connectivity index is 2.04. The van der Waals surface area contributed by atoms with Crippen molar-refractivity contribution in [2.24, 2.45) is 7.05 Å². The minimum absolute atomic E-state index is 0.296. The van der Waals surface area contributed by atoms with Crippen LogP contribution in [0.25, 0.3) is 0 Å². The van der Waals surface area contributed by atoms with Gasteiger partial charge in [0, 0.05) is 31.0 Å². The molecule has 0 fully saturated rings. The Morgan fingerprint density at radius 2 is 2.00 bits per heavy atom. The van der Waals surface area contributed by atoms with E-state index in [-0.39, 0.29) is 0 Å². The number of ether oxygens (including phenoxy) is 1. The maximum absolute atomic E-state index is 5.27. The van der Waals surface area contributed by atoms with Crippen molar-refractivity contribution in [2.45, 2.75) is 33.4 Å². The lowest BCUT2D eigenvalue weighted by Crippen LogP contribution is -2.18. The minimum Gasteiger partial charge on any atom is -0.497 e.